The van der Waals surface area contributed by atoms with Crippen LogP contribution in [0.15, 0.2) is 48.5 Å². The van der Waals surface area contributed by atoms with Crippen LogP contribution in [0.25, 0.3) is 21.9 Å². The van der Waals surface area contributed by atoms with Crippen molar-refractivity contribution in [3.05, 3.63) is 54.1 Å². The standard InChI is InChI=1S/C29H32N2O5/c1-34-25-15-23(16-26(35-2)28(25)36-3)21-7-6-19-12-18(4-5-20(19)14-21)13-27(32)31-11-10-22(17-31)29(33)30-24-8-9-24/h4-7,12,14-16,22,24H,8-11,13,17H2,1-3H3,(H,30,33). The average Bonchev–Trinajstić information content (AvgIpc) is 3.57. The summed E-state index contributed by atoms with van der Waals surface area (Å²) in [5, 5.41) is 5.21. The van der Waals surface area contributed by atoms with Crippen molar-refractivity contribution in [2.45, 2.75) is 31.7 Å². The number of likely N-dealkylation sites (tertiary alicyclic amines) is 1. The van der Waals surface area contributed by atoms with E-state index in [1.807, 2.05) is 23.1 Å². The maximum Gasteiger partial charge on any atom is 0.227 e. The second kappa shape index (κ2) is 10.1. The van der Waals surface area contributed by atoms with Crippen molar-refractivity contribution in [1.29, 1.82) is 0 Å². The second-order valence-electron chi connectivity index (χ2n) is 9.60. The van der Waals surface area contributed by atoms with E-state index in [1.54, 1.807) is 21.3 Å². The quantitative estimate of drug-likeness (QED) is 0.514. The molecule has 0 aromatic heterocycles. The van der Waals surface area contributed by atoms with Crippen LogP contribution >= 0.6 is 0 Å². The molecule has 188 valence electrons. The highest BCUT2D eigenvalue weighted by atomic mass is 16.5. The molecule has 0 spiro atoms. The van der Waals surface area contributed by atoms with Crippen LogP contribution in [0, 0.1) is 5.92 Å². The Labute approximate surface area is 211 Å². The fourth-order valence-corrected chi connectivity index (χ4v) is 4.87. The number of hydrogen-bond donors (Lipinski definition) is 1. The Hall–Kier alpha value is -3.74. The molecule has 0 bridgehead atoms. The highest BCUT2D eigenvalue weighted by Gasteiger charge is 2.33. The summed E-state index contributed by atoms with van der Waals surface area (Å²) in [6, 6.07) is 16.6. The van der Waals surface area contributed by atoms with Gasteiger partial charge in [0.15, 0.2) is 11.5 Å². The summed E-state index contributed by atoms with van der Waals surface area (Å²) in [6.45, 7) is 1.16. The highest BCUT2D eigenvalue weighted by molar-refractivity contribution is 5.90. The van der Waals surface area contributed by atoms with Gasteiger partial charge in [0.1, 0.15) is 0 Å². The summed E-state index contributed by atoms with van der Waals surface area (Å²) in [4.78, 5) is 27.1. The maximum atomic E-state index is 12.9. The zero-order valence-corrected chi connectivity index (χ0v) is 21.0. The molecule has 1 aliphatic carbocycles. The summed E-state index contributed by atoms with van der Waals surface area (Å²) >= 11 is 0. The van der Waals surface area contributed by atoms with E-state index in [1.165, 1.54) is 0 Å². The van der Waals surface area contributed by atoms with Crippen LogP contribution in [-0.2, 0) is 16.0 Å². The first kappa shape index (κ1) is 24.0. The van der Waals surface area contributed by atoms with Gasteiger partial charge in [0.25, 0.3) is 0 Å². The number of fused-ring (bicyclic) bond motifs is 1. The van der Waals surface area contributed by atoms with Crippen LogP contribution in [0.5, 0.6) is 17.2 Å². The number of rotatable bonds is 8. The molecule has 1 unspecified atom stereocenters. The first-order chi connectivity index (χ1) is 17.5. The number of benzene rings is 3. The van der Waals surface area contributed by atoms with E-state index in [2.05, 4.69) is 35.6 Å². The molecule has 5 rings (SSSR count). The lowest BCUT2D eigenvalue weighted by atomic mass is 9.98. The minimum absolute atomic E-state index is 0.0742. The molecular weight excluding hydrogens is 456 g/mol. The summed E-state index contributed by atoms with van der Waals surface area (Å²) in [6.07, 6.45) is 3.23. The van der Waals surface area contributed by atoms with Crippen LogP contribution in [0.1, 0.15) is 24.8 Å². The van der Waals surface area contributed by atoms with Gasteiger partial charge in [0, 0.05) is 19.1 Å². The van der Waals surface area contributed by atoms with Crippen molar-refractivity contribution in [3.63, 3.8) is 0 Å². The molecule has 2 amide bonds. The molecule has 3 aromatic rings. The molecular formula is C29H32N2O5. The van der Waals surface area contributed by atoms with Gasteiger partial charge in [-0.15, -0.1) is 0 Å². The molecule has 7 nitrogen and oxygen atoms in total. The summed E-state index contributed by atoms with van der Waals surface area (Å²) in [5.41, 5.74) is 2.96. The van der Waals surface area contributed by atoms with Gasteiger partial charge in [-0.1, -0.05) is 30.3 Å². The molecule has 1 aliphatic heterocycles. The van der Waals surface area contributed by atoms with Gasteiger partial charge in [0.2, 0.25) is 17.6 Å². The van der Waals surface area contributed by atoms with Crippen molar-refractivity contribution in [2.75, 3.05) is 34.4 Å². The maximum absolute atomic E-state index is 12.9. The molecule has 1 saturated heterocycles. The SMILES string of the molecule is COc1cc(-c2ccc3cc(CC(=O)N4CCC(C(=O)NC5CC5)C4)ccc3c2)cc(OC)c1OC. The van der Waals surface area contributed by atoms with E-state index >= 15 is 0 Å². The molecule has 0 radical (unpaired) electrons. The predicted molar refractivity (Wildman–Crippen MR) is 139 cm³/mol. The van der Waals surface area contributed by atoms with E-state index in [0.717, 1.165) is 46.7 Å². The van der Waals surface area contributed by atoms with Gasteiger partial charge in [-0.2, -0.15) is 0 Å². The lowest BCUT2D eigenvalue weighted by Crippen LogP contribution is -2.36. The first-order valence-electron chi connectivity index (χ1n) is 12.4. The number of nitrogens with zero attached hydrogens (tertiary/aromatic N) is 1. The Morgan fingerprint density at radius 2 is 1.56 bits per heavy atom. The van der Waals surface area contributed by atoms with Crippen LogP contribution in [0.2, 0.25) is 0 Å². The smallest absolute Gasteiger partial charge is 0.227 e. The van der Waals surface area contributed by atoms with E-state index in [4.69, 9.17) is 14.2 Å². The van der Waals surface area contributed by atoms with E-state index in [9.17, 15) is 9.59 Å². The van der Waals surface area contributed by atoms with Crippen molar-refractivity contribution < 1.29 is 23.8 Å². The second-order valence-corrected chi connectivity index (χ2v) is 9.60. The summed E-state index contributed by atoms with van der Waals surface area (Å²) in [7, 11) is 4.80. The zero-order valence-electron chi connectivity index (χ0n) is 21.0. The van der Waals surface area contributed by atoms with Crippen LogP contribution in [-0.4, -0.2) is 57.2 Å². The molecule has 2 aliphatic rings. The molecule has 1 saturated carbocycles. The Kier molecular flexibility index (Phi) is 6.72. The van der Waals surface area contributed by atoms with Crippen LogP contribution < -0.4 is 19.5 Å². The lowest BCUT2D eigenvalue weighted by molar-refractivity contribution is -0.130. The van der Waals surface area contributed by atoms with Gasteiger partial charge in [0.05, 0.1) is 33.7 Å². The van der Waals surface area contributed by atoms with Gasteiger partial charge >= 0.3 is 0 Å². The summed E-state index contributed by atoms with van der Waals surface area (Å²) in [5.74, 6) is 1.86. The number of carbonyl (C=O) groups is 2. The molecule has 36 heavy (non-hydrogen) atoms. The molecule has 1 heterocycles. The first-order valence-corrected chi connectivity index (χ1v) is 12.4. The van der Waals surface area contributed by atoms with Gasteiger partial charge in [-0.25, -0.2) is 0 Å². The minimum Gasteiger partial charge on any atom is -0.493 e. The normalized spacial score (nSPS) is 17.2. The van der Waals surface area contributed by atoms with Crippen molar-refractivity contribution in [2.24, 2.45) is 5.92 Å². The number of ether oxygens (including phenoxy) is 3. The van der Waals surface area contributed by atoms with E-state index < -0.39 is 0 Å². The fourth-order valence-electron chi connectivity index (χ4n) is 4.87. The lowest BCUT2D eigenvalue weighted by Gasteiger charge is -2.17. The number of amides is 2. The Morgan fingerprint density at radius 1 is 0.861 bits per heavy atom. The Morgan fingerprint density at radius 3 is 2.22 bits per heavy atom. The molecule has 2 fully saturated rings. The zero-order chi connectivity index (χ0) is 25.2. The predicted octanol–water partition coefficient (Wildman–Crippen LogP) is 4.20. The fraction of sp³-hybridized carbons (Fsp3) is 0.379. The molecule has 1 N–H and O–H groups in total. The van der Waals surface area contributed by atoms with Crippen LogP contribution in [0.3, 0.4) is 0 Å². The molecule has 1 atom stereocenters. The van der Waals surface area contributed by atoms with Crippen molar-refractivity contribution in [1.82, 2.24) is 10.2 Å². The highest BCUT2D eigenvalue weighted by Crippen LogP contribution is 2.41. The Balaban J connectivity index is 1.29. The third-order valence-electron chi connectivity index (χ3n) is 7.09. The van der Waals surface area contributed by atoms with Crippen molar-refractivity contribution >= 4 is 22.6 Å². The van der Waals surface area contributed by atoms with E-state index in [-0.39, 0.29) is 17.7 Å². The monoisotopic (exact) mass is 488 g/mol. The molecule has 3 aromatic carbocycles. The summed E-state index contributed by atoms with van der Waals surface area (Å²) < 4.78 is 16.4. The number of carbonyl (C=O) groups excluding carboxylic acids is 2. The van der Waals surface area contributed by atoms with Crippen LogP contribution in [0.4, 0.5) is 0 Å². The third-order valence-corrected chi connectivity index (χ3v) is 7.09. The van der Waals surface area contributed by atoms with Gasteiger partial charge < -0.3 is 24.4 Å². The number of hydrogen-bond acceptors (Lipinski definition) is 5. The van der Waals surface area contributed by atoms with Crippen molar-refractivity contribution in [3.8, 4) is 28.4 Å². The average molecular weight is 489 g/mol. The molecule has 7 heteroatoms. The van der Waals surface area contributed by atoms with Gasteiger partial charge in [-0.3, -0.25) is 9.59 Å². The van der Waals surface area contributed by atoms with Gasteiger partial charge in [-0.05, 0) is 64.9 Å². The Bertz CT molecular complexity index is 1280. The topological polar surface area (TPSA) is 77.1 Å². The largest absolute Gasteiger partial charge is 0.493 e. The third kappa shape index (κ3) is 4.96. The van der Waals surface area contributed by atoms with E-state index in [0.29, 0.717) is 42.8 Å². The minimum atomic E-state index is -0.0835. The number of nitrogens with one attached hydrogen (secondary N) is 1. The number of methoxy groups -OCH3 is 3.